The zero-order valence-electron chi connectivity index (χ0n) is 17.0. The van der Waals surface area contributed by atoms with Crippen molar-refractivity contribution in [2.24, 2.45) is 0 Å². The van der Waals surface area contributed by atoms with Crippen LogP contribution >= 0.6 is 45.2 Å². The lowest BCUT2D eigenvalue weighted by atomic mass is 9.93. The van der Waals surface area contributed by atoms with Crippen LogP contribution in [-0.4, -0.2) is 22.2 Å². The number of rotatable bonds is 6. The molecule has 4 aromatic rings. The molecular formula is C26H16I2O5. The zero-order valence-corrected chi connectivity index (χ0v) is 21.3. The molecule has 7 heteroatoms. The zero-order chi connectivity index (χ0) is 23.5. The van der Waals surface area contributed by atoms with E-state index < -0.39 is 11.9 Å². The van der Waals surface area contributed by atoms with Gasteiger partial charge in [0.2, 0.25) is 0 Å². The van der Waals surface area contributed by atoms with Crippen molar-refractivity contribution >= 4 is 57.1 Å². The van der Waals surface area contributed by atoms with Gasteiger partial charge in [-0.05, 0) is 110 Å². The normalized spacial score (nSPS) is 10.6. The summed E-state index contributed by atoms with van der Waals surface area (Å²) in [6.07, 6.45) is 0. The van der Waals surface area contributed by atoms with E-state index in [0.717, 1.165) is 18.3 Å². The number of carboxylic acids is 2. The van der Waals surface area contributed by atoms with Crippen molar-refractivity contribution in [2.75, 3.05) is 0 Å². The molecule has 0 unspecified atom stereocenters. The van der Waals surface area contributed by atoms with Gasteiger partial charge in [-0.1, -0.05) is 36.4 Å². The maximum atomic E-state index is 12.2. The molecule has 0 aliphatic heterocycles. The lowest BCUT2D eigenvalue weighted by molar-refractivity contribution is 0.0694. The van der Waals surface area contributed by atoms with E-state index in [1.807, 2.05) is 36.4 Å². The first-order valence-electron chi connectivity index (χ1n) is 9.77. The van der Waals surface area contributed by atoms with Gasteiger partial charge in [0.05, 0.1) is 5.56 Å². The Bertz CT molecular complexity index is 1330. The number of hydrogen-bond acceptors (Lipinski definition) is 3. The van der Waals surface area contributed by atoms with Crippen molar-refractivity contribution in [3.8, 4) is 33.8 Å². The van der Waals surface area contributed by atoms with Crippen molar-refractivity contribution in [3.63, 3.8) is 0 Å². The summed E-state index contributed by atoms with van der Waals surface area (Å²) >= 11 is 4.38. The predicted octanol–water partition coefficient (Wildman–Crippen LogP) is 7.42. The summed E-state index contributed by atoms with van der Waals surface area (Å²) in [7, 11) is 0. The number of halogens is 2. The van der Waals surface area contributed by atoms with Crippen LogP contribution in [0.3, 0.4) is 0 Å². The molecular weight excluding hydrogens is 646 g/mol. The molecule has 0 fully saturated rings. The van der Waals surface area contributed by atoms with Crippen LogP contribution in [0.15, 0.2) is 84.9 Å². The Morgan fingerprint density at radius 2 is 1.09 bits per heavy atom. The Balaban J connectivity index is 1.75. The second-order valence-corrected chi connectivity index (χ2v) is 9.60. The summed E-state index contributed by atoms with van der Waals surface area (Å²) in [4.78, 5) is 24.1. The van der Waals surface area contributed by atoms with E-state index >= 15 is 0 Å². The van der Waals surface area contributed by atoms with Crippen LogP contribution in [0.25, 0.3) is 22.3 Å². The second-order valence-electron chi connectivity index (χ2n) is 7.11. The van der Waals surface area contributed by atoms with Gasteiger partial charge < -0.3 is 14.9 Å². The second kappa shape index (κ2) is 9.92. The third kappa shape index (κ3) is 5.19. The van der Waals surface area contributed by atoms with Crippen molar-refractivity contribution in [1.29, 1.82) is 0 Å². The molecule has 0 bridgehead atoms. The average Bonchev–Trinajstić information content (AvgIpc) is 2.80. The molecule has 33 heavy (non-hydrogen) atoms. The summed E-state index contributed by atoms with van der Waals surface area (Å²) < 4.78 is 8.02. The van der Waals surface area contributed by atoms with Gasteiger partial charge in [-0.25, -0.2) is 9.59 Å². The summed E-state index contributed by atoms with van der Waals surface area (Å²) in [6, 6.07) is 25.2. The number of benzene rings is 4. The molecule has 0 aliphatic rings. The standard InChI is InChI=1S/C26H16I2O5/c27-18-7-1-15(2-8-18)16-5-11-20(12-6-16)33-22-14-13-21(25(29)30)23(24(22)26(31)32)17-3-9-19(28)10-4-17/h1-14H,(H,29,30)(H,31,32). The van der Waals surface area contributed by atoms with E-state index in [0.29, 0.717) is 11.3 Å². The number of carboxylic acid groups (broad SMARTS) is 2. The Kier molecular flexibility index (Phi) is 6.99. The molecule has 0 atom stereocenters. The SMILES string of the molecule is O=C(O)c1ccc(Oc2ccc(-c3ccc(I)cc3)cc2)c(C(=O)O)c1-c1ccc(I)cc1. The molecule has 5 nitrogen and oxygen atoms in total. The van der Waals surface area contributed by atoms with Gasteiger partial charge in [-0.15, -0.1) is 0 Å². The average molecular weight is 662 g/mol. The minimum absolute atomic E-state index is 0.0723. The molecule has 0 heterocycles. The number of aromatic carboxylic acids is 2. The van der Waals surface area contributed by atoms with E-state index in [-0.39, 0.29) is 22.4 Å². The lowest BCUT2D eigenvalue weighted by Crippen LogP contribution is -2.09. The summed E-state index contributed by atoms with van der Waals surface area (Å²) in [5.41, 5.74) is 2.36. The number of carbonyl (C=O) groups is 2. The highest BCUT2D eigenvalue weighted by atomic mass is 127. The minimum Gasteiger partial charge on any atom is -0.478 e. The first kappa shape index (κ1) is 23.2. The Morgan fingerprint density at radius 1 is 0.606 bits per heavy atom. The molecule has 4 aromatic carbocycles. The largest absolute Gasteiger partial charge is 0.478 e. The molecule has 164 valence electrons. The van der Waals surface area contributed by atoms with Crippen molar-refractivity contribution in [1.82, 2.24) is 0 Å². The quantitative estimate of drug-likeness (QED) is 0.210. The lowest BCUT2D eigenvalue weighted by Gasteiger charge is -2.16. The van der Waals surface area contributed by atoms with Crippen LogP contribution in [0.1, 0.15) is 20.7 Å². The van der Waals surface area contributed by atoms with Gasteiger partial charge >= 0.3 is 11.9 Å². The maximum Gasteiger partial charge on any atom is 0.340 e. The Hall–Kier alpha value is -2.92. The first-order chi connectivity index (χ1) is 15.8. The molecule has 0 radical (unpaired) electrons. The predicted molar refractivity (Wildman–Crippen MR) is 143 cm³/mol. The van der Waals surface area contributed by atoms with Crippen LogP contribution in [0.5, 0.6) is 11.5 Å². The summed E-state index contributed by atoms with van der Waals surface area (Å²) in [5, 5.41) is 19.7. The molecule has 0 aromatic heterocycles. The molecule has 4 rings (SSSR count). The monoisotopic (exact) mass is 662 g/mol. The van der Waals surface area contributed by atoms with Crippen molar-refractivity contribution in [3.05, 3.63) is 103 Å². The van der Waals surface area contributed by atoms with Crippen LogP contribution in [0.2, 0.25) is 0 Å². The van der Waals surface area contributed by atoms with Gasteiger partial charge in [-0.2, -0.15) is 0 Å². The van der Waals surface area contributed by atoms with Crippen LogP contribution in [0, 0.1) is 7.14 Å². The van der Waals surface area contributed by atoms with Crippen LogP contribution in [0.4, 0.5) is 0 Å². The molecule has 0 amide bonds. The fraction of sp³-hybridized carbons (Fsp3) is 0. The van der Waals surface area contributed by atoms with E-state index in [1.54, 1.807) is 36.4 Å². The highest BCUT2D eigenvalue weighted by molar-refractivity contribution is 14.1. The smallest absolute Gasteiger partial charge is 0.340 e. The molecule has 0 spiro atoms. The third-order valence-corrected chi connectivity index (χ3v) is 6.44. The van der Waals surface area contributed by atoms with Crippen LogP contribution in [-0.2, 0) is 0 Å². The fourth-order valence-corrected chi connectivity index (χ4v) is 4.18. The summed E-state index contributed by atoms with van der Waals surface area (Å²) in [5.74, 6) is -1.96. The fourth-order valence-electron chi connectivity index (χ4n) is 3.46. The molecule has 0 saturated carbocycles. The Labute approximate surface area is 217 Å². The highest BCUT2D eigenvalue weighted by Gasteiger charge is 2.25. The van der Waals surface area contributed by atoms with Crippen molar-refractivity contribution in [2.45, 2.75) is 0 Å². The number of hydrogen-bond donors (Lipinski definition) is 2. The molecule has 2 N–H and O–H groups in total. The highest BCUT2D eigenvalue weighted by Crippen LogP contribution is 2.37. The molecule has 0 saturated heterocycles. The van der Waals surface area contributed by atoms with E-state index in [9.17, 15) is 19.8 Å². The third-order valence-electron chi connectivity index (χ3n) is 5.00. The molecule has 0 aliphatic carbocycles. The Morgan fingerprint density at radius 3 is 1.58 bits per heavy atom. The van der Waals surface area contributed by atoms with E-state index in [2.05, 4.69) is 45.2 Å². The maximum absolute atomic E-state index is 12.2. The van der Waals surface area contributed by atoms with Gasteiger partial charge in [0.1, 0.15) is 17.1 Å². The van der Waals surface area contributed by atoms with Crippen LogP contribution < -0.4 is 4.74 Å². The minimum atomic E-state index is -1.27. The topological polar surface area (TPSA) is 83.8 Å². The van der Waals surface area contributed by atoms with Gasteiger partial charge in [-0.3, -0.25) is 0 Å². The summed E-state index contributed by atoms with van der Waals surface area (Å²) in [6.45, 7) is 0. The van der Waals surface area contributed by atoms with E-state index in [4.69, 9.17) is 4.74 Å². The first-order valence-corrected chi connectivity index (χ1v) is 11.9. The van der Waals surface area contributed by atoms with Gasteiger partial charge in [0.15, 0.2) is 0 Å². The van der Waals surface area contributed by atoms with E-state index in [1.165, 1.54) is 12.1 Å². The number of ether oxygens (including phenoxy) is 1. The van der Waals surface area contributed by atoms with Crippen molar-refractivity contribution < 1.29 is 24.5 Å². The van der Waals surface area contributed by atoms with Gasteiger partial charge in [0, 0.05) is 12.7 Å². The van der Waals surface area contributed by atoms with Gasteiger partial charge in [0.25, 0.3) is 0 Å².